The number of alkyl halides is 2. The average molecular weight is 499 g/mol. The van der Waals surface area contributed by atoms with E-state index in [9.17, 15) is 18.7 Å². The van der Waals surface area contributed by atoms with Gasteiger partial charge in [0.15, 0.2) is 6.61 Å². The lowest BCUT2D eigenvalue weighted by molar-refractivity contribution is -0.0189. The maximum atomic E-state index is 12.8. The van der Waals surface area contributed by atoms with Gasteiger partial charge in [0.05, 0.1) is 22.2 Å². The predicted molar refractivity (Wildman–Crippen MR) is 129 cm³/mol. The van der Waals surface area contributed by atoms with E-state index in [0.717, 1.165) is 12.8 Å². The summed E-state index contributed by atoms with van der Waals surface area (Å²) >= 11 is 0. The highest BCUT2D eigenvalue weighted by molar-refractivity contribution is 5.93. The zero-order valence-corrected chi connectivity index (χ0v) is 20.5. The molecule has 1 aliphatic heterocycles. The summed E-state index contributed by atoms with van der Waals surface area (Å²) in [4.78, 5) is 25.7. The van der Waals surface area contributed by atoms with Crippen LogP contribution in [-0.4, -0.2) is 44.7 Å². The lowest BCUT2D eigenvalue weighted by atomic mass is 9.84. The average Bonchev–Trinajstić information content (AvgIpc) is 3.67. The molecule has 2 N–H and O–H groups in total. The summed E-state index contributed by atoms with van der Waals surface area (Å²) in [6.07, 6.45) is 2.11. The summed E-state index contributed by atoms with van der Waals surface area (Å²) < 4.78 is 36.3. The molecule has 4 heterocycles. The van der Waals surface area contributed by atoms with Gasteiger partial charge < -0.3 is 19.9 Å². The molecule has 0 radical (unpaired) electrons. The van der Waals surface area contributed by atoms with E-state index in [0.29, 0.717) is 39.2 Å². The Morgan fingerprint density at radius 3 is 2.67 bits per heavy atom. The molecule has 1 fully saturated rings. The molecule has 2 atom stereocenters. The van der Waals surface area contributed by atoms with Gasteiger partial charge in [-0.15, -0.1) is 0 Å². The van der Waals surface area contributed by atoms with Crippen molar-refractivity contribution >= 4 is 28.4 Å². The molecular weight excluding hydrogens is 470 g/mol. The van der Waals surface area contributed by atoms with Crippen LogP contribution in [0.3, 0.4) is 0 Å². The van der Waals surface area contributed by atoms with Gasteiger partial charge >= 0.3 is 5.97 Å². The van der Waals surface area contributed by atoms with Gasteiger partial charge in [-0.1, -0.05) is 6.92 Å². The van der Waals surface area contributed by atoms with E-state index in [1.807, 2.05) is 20.8 Å². The molecule has 0 amide bonds. The van der Waals surface area contributed by atoms with Crippen LogP contribution < -0.4 is 10.1 Å². The smallest absolute Gasteiger partial charge is 0.340 e. The highest BCUT2D eigenvalue weighted by Crippen LogP contribution is 2.48. The van der Waals surface area contributed by atoms with Gasteiger partial charge in [0.2, 0.25) is 5.88 Å². The molecule has 0 spiro atoms. The Hall–Kier alpha value is -3.40. The van der Waals surface area contributed by atoms with Crippen molar-refractivity contribution in [1.29, 1.82) is 0 Å². The van der Waals surface area contributed by atoms with E-state index in [1.54, 1.807) is 25.1 Å². The Bertz CT molecular complexity index is 1340. The van der Waals surface area contributed by atoms with E-state index in [1.165, 1.54) is 12.4 Å². The molecule has 2 aliphatic rings. The lowest BCUT2D eigenvalue weighted by Gasteiger charge is -2.36. The predicted octanol–water partition coefficient (Wildman–Crippen LogP) is 5.08. The molecule has 0 unspecified atom stereocenters. The molecule has 190 valence electrons. The topological polar surface area (TPSA) is 106 Å². The summed E-state index contributed by atoms with van der Waals surface area (Å²) in [5, 5.41) is 15.4. The van der Waals surface area contributed by atoms with Crippen LogP contribution in [0.2, 0.25) is 0 Å². The van der Waals surface area contributed by atoms with Crippen LogP contribution in [0.5, 0.6) is 5.88 Å². The number of halogens is 2. The molecule has 3 aromatic rings. The molecule has 8 nitrogen and oxygen atoms in total. The Labute approximate surface area is 207 Å². The number of cyclic esters (lactones) is 1. The summed E-state index contributed by atoms with van der Waals surface area (Å²) in [7, 11) is 0. The SMILES string of the molecule is C[C@@H]1c2nc(Nc3cc4c([C@@](C)(O)C5CC5)cnc(OCC(F)F)c4cn3)ccc2C(=O)OC1(C)C. The van der Waals surface area contributed by atoms with Gasteiger partial charge in [-0.25, -0.2) is 28.5 Å². The first-order valence-electron chi connectivity index (χ1n) is 11.9. The van der Waals surface area contributed by atoms with Crippen molar-refractivity contribution < 1.29 is 28.2 Å². The summed E-state index contributed by atoms with van der Waals surface area (Å²) in [5.74, 6) is 0.493. The first-order chi connectivity index (χ1) is 17.0. The second-order valence-corrected chi connectivity index (χ2v) is 10.2. The van der Waals surface area contributed by atoms with Crippen molar-refractivity contribution in [2.75, 3.05) is 11.9 Å². The van der Waals surface area contributed by atoms with E-state index in [-0.39, 0.29) is 17.7 Å². The van der Waals surface area contributed by atoms with Crippen molar-refractivity contribution in [2.24, 2.45) is 5.92 Å². The van der Waals surface area contributed by atoms with Crippen LogP contribution in [-0.2, 0) is 10.3 Å². The largest absolute Gasteiger partial charge is 0.471 e. The Balaban J connectivity index is 1.54. The monoisotopic (exact) mass is 498 g/mol. The summed E-state index contributed by atoms with van der Waals surface area (Å²) in [6, 6.07) is 5.06. The zero-order chi connectivity index (χ0) is 25.8. The molecule has 1 saturated carbocycles. The Morgan fingerprint density at radius 1 is 1.22 bits per heavy atom. The van der Waals surface area contributed by atoms with Gasteiger partial charge in [-0.3, -0.25) is 0 Å². The fourth-order valence-corrected chi connectivity index (χ4v) is 4.59. The molecule has 0 saturated heterocycles. The number of aromatic nitrogens is 3. The third kappa shape index (κ3) is 4.34. The van der Waals surface area contributed by atoms with E-state index >= 15 is 0 Å². The molecule has 3 aromatic heterocycles. The number of fused-ring (bicyclic) bond motifs is 2. The molecular formula is C26H28F2N4O4. The van der Waals surface area contributed by atoms with E-state index in [2.05, 4.69) is 20.3 Å². The number of esters is 1. The van der Waals surface area contributed by atoms with Gasteiger partial charge in [0.25, 0.3) is 6.43 Å². The standard InChI is InChI=1S/C26H28F2N4O4/c1-13-22-15(24(33)36-25(13,2)3)7-8-20(32-22)31-21-9-16-17(10-29-21)23(35-12-19(27)28)30-11-18(16)26(4,34)14-5-6-14/h7-11,13-14,19,34H,5-6,12H2,1-4H3,(H,29,31,32)/t13-,26+/m1/s1. The van der Waals surface area contributed by atoms with Crippen LogP contribution >= 0.6 is 0 Å². The zero-order valence-electron chi connectivity index (χ0n) is 20.5. The maximum Gasteiger partial charge on any atom is 0.340 e. The van der Waals surface area contributed by atoms with Crippen LogP contribution in [0.4, 0.5) is 20.4 Å². The number of nitrogens with zero attached hydrogens (tertiary/aromatic N) is 3. The second kappa shape index (κ2) is 8.62. The third-order valence-electron chi connectivity index (χ3n) is 7.21. The van der Waals surface area contributed by atoms with Crippen LogP contribution in [0.1, 0.15) is 68.1 Å². The first kappa shape index (κ1) is 24.3. The maximum absolute atomic E-state index is 12.8. The number of hydrogen-bond acceptors (Lipinski definition) is 8. The minimum Gasteiger partial charge on any atom is -0.471 e. The van der Waals surface area contributed by atoms with Crippen LogP contribution in [0, 0.1) is 5.92 Å². The van der Waals surface area contributed by atoms with Crippen LogP contribution in [0.15, 0.2) is 30.6 Å². The Morgan fingerprint density at radius 2 is 1.97 bits per heavy atom. The van der Waals surface area contributed by atoms with Crippen molar-refractivity contribution in [3.63, 3.8) is 0 Å². The van der Waals surface area contributed by atoms with E-state index in [4.69, 9.17) is 9.47 Å². The number of rotatable bonds is 7. The second-order valence-electron chi connectivity index (χ2n) is 10.2. The molecule has 0 bridgehead atoms. The fourth-order valence-electron chi connectivity index (χ4n) is 4.59. The minimum atomic E-state index is -2.65. The number of nitrogens with one attached hydrogen (secondary N) is 1. The molecule has 10 heteroatoms. The van der Waals surface area contributed by atoms with Gasteiger partial charge in [-0.2, -0.15) is 0 Å². The minimum absolute atomic E-state index is 0.0289. The van der Waals surface area contributed by atoms with Crippen molar-refractivity contribution in [1.82, 2.24) is 15.0 Å². The fraction of sp³-hybridized carbons (Fsp3) is 0.462. The molecule has 1 aliphatic carbocycles. The third-order valence-corrected chi connectivity index (χ3v) is 7.21. The van der Waals surface area contributed by atoms with Gasteiger partial charge in [0, 0.05) is 23.9 Å². The molecule has 0 aromatic carbocycles. The number of hydrogen-bond donors (Lipinski definition) is 2. The highest BCUT2D eigenvalue weighted by atomic mass is 19.3. The van der Waals surface area contributed by atoms with Gasteiger partial charge in [-0.05, 0) is 63.1 Å². The lowest BCUT2D eigenvalue weighted by Crippen LogP contribution is -2.39. The summed E-state index contributed by atoms with van der Waals surface area (Å²) in [5.41, 5.74) is -0.204. The molecule has 5 rings (SSSR count). The first-order valence-corrected chi connectivity index (χ1v) is 11.9. The number of pyridine rings is 3. The number of ether oxygens (including phenoxy) is 2. The van der Waals surface area contributed by atoms with Crippen molar-refractivity contribution in [3.05, 3.63) is 47.4 Å². The number of carbonyl (C=O) groups is 1. The van der Waals surface area contributed by atoms with Crippen LogP contribution in [0.25, 0.3) is 10.8 Å². The quantitative estimate of drug-likeness (QED) is 0.434. The number of anilines is 2. The van der Waals surface area contributed by atoms with Gasteiger partial charge in [0.1, 0.15) is 17.2 Å². The summed E-state index contributed by atoms with van der Waals surface area (Å²) in [6.45, 7) is 6.59. The normalized spacial score (nSPS) is 20.6. The number of carbonyl (C=O) groups excluding carboxylic acids is 1. The number of aliphatic hydroxyl groups is 1. The van der Waals surface area contributed by atoms with Crippen molar-refractivity contribution in [2.45, 2.75) is 64.1 Å². The molecule has 36 heavy (non-hydrogen) atoms. The van der Waals surface area contributed by atoms with Crippen molar-refractivity contribution in [3.8, 4) is 5.88 Å². The van der Waals surface area contributed by atoms with E-state index < -0.39 is 30.2 Å². The Kier molecular flexibility index (Phi) is 5.82. The highest BCUT2D eigenvalue weighted by Gasteiger charge is 2.43.